The number of nitrogens with two attached hydrogens (primary N) is 5. The molecular weight excluding hydrogens is 1350 g/mol. The molecule has 4 aliphatic rings. The minimum Gasteiger partial charge on any atom is -0.458 e. The number of rotatable bonds is 45. The first-order chi connectivity index (χ1) is 49.6. The van der Waals surface area contributed by atoms with E-state index in [9.17, 15) is 68.1 Å². The number of aliphatic hydroxyl groups is 3. The van der Waals surface area contributed by atoms with Gasteiger partial charge in [0.15, 0.2) is 23.3 Å². The van der Waals surface area contributed by atoms with Crippen LogP contribution in [0.15, 0.2) is 63.6 Å². The number of hydrogen-bond donors (Lipinski definition) is 16. The van der Waals surface area contributed by atoms with Crippen LogP contribution in [0.3, 0.4) is 0 Å². The molecule has 586 valence electrons. The van der Waals surface area contributed by atoms with Crippen LogP contribution in [-0.4, -0.2) is 191 Å². The van der Waals surface area contributed by atoms with Crippen LogP contribution in [0.5, 0.6) is 0 Å². The number of unbranched alkanes of at least 4 members (excludes halogenated alkanes) is 9. The van der Waals surface area contributed by atoms with Crippen molar-refractivity contribution < 1.29 is 77.5 Å². The summed E-state index contributed by atoms with van der Waals surface area (Å²) >= 11 is 0. The standard InChI is InChI=1S/C74H119N15O16/c1-43(2)36-55(64(97)80-33-23-16-14-12-10-11-13-15-20-31-59(94)104-62-45(4)73(103)51(60-71(8,9)74(60,62)105-48(7)92)38-50(42-90)40-72(102)57(73)37-44(3)61(72)95)89-67(100)54(30-25-35-82-70(78)79)86-66(99)53(29-24-34-81-69(76)77)87-68(101)56(39-49-26-18-17-19-27-49)88-63(96)46(5)84-65(98)52(28-21-22-32-75)85-58(93)41-83-47(6)91/h17-19,26-27,37-38,43,45-46,51-57,60,62,90,102-103H,10-16,20-25,28-36,39-42,75H2,1-9H3,(H,80,97)(H,83,91)(H,84,98)(H,85,93)(H,86,99)(H,87,101)(H,88,96)(H,89,100)(H4,76,77,81)(H4,78,79,82)/t45-,46+,51+,52+,53+,54+,55+,56+,57-,60-,62-,72-,73-,74-/m1/s1. The highest BCUT2D eigenvalue weighted by Crippen LogP contribution is 2.77. The number of hydrogen-bond acceptors (Lipinski definition) is 19. The highest BCUT2D eigenvalue weighted by molar-refractivity contribution is 6.05. The Hall–Kier alpha value is -8.55. The molecule has 0 bridgehead atoms. The smallest absolute Gasteiger partial charge is 0.306 e. The molecule has 0 aromatic heterocycles. The summed E-state index contributed by atoms with van der Waals surface area (Å²) < 4.78 is 12.4. The quantitative estimate of drug-likeness (QED) is 0.0140. The number of nitrogens with zero attached hydrogens (tertiary/aromatic N) is 2. The van der Waals surface area contributed by atoms with Crippen molar-refractivity contribution in [2.24, 2.45) is 73.7 Å². The third kappa shape index (κ3) is 24.2. The monoisotopic (exact) mass is 1470 g/mol. The fraction of sp³-hybridized carbons (Fsp3) is 0.689. The van der Waals surface area contributed by atoms with Crippen LogP contribution < -0.4 is 71.2 Å². The maximum absolute atomic E-state index is 14.6. The summed E-state index contributed by atoms with van der Waals surface area (Å²) in [5.41, 5.74) is 23.4. The number of nitrogens with one attached hydrogen (secondary N) is 8. The molecule has 2 fully saturated rings. The number of ketones is 1. The Morgan fingerprint density at radius 3 is 1.70 bits per heavy atom. The molecule has 0 spiro atoms. The molecular formula is C74H119N15O16. The van der Waals surface area contributed by atoms with Crippen LogP contribution in [0, 0.1) is 35.0 Å². The first-order valence-electron chi connectivity index (χ1n) is 37.1. The van der Waals surface area contributed by atoms with Crippen molar-refractivity contribution in [3.8, 4) is 0 Å². The van der Waals surface area contributed by atoms with Gasteiger partial charge in [0.05, 0.1) is 18.8 Å². The predicted molar refractivity (Wildman–Crippen MR) is 394 cm³/mol. The fourth-order valence-electron chi connectivity index (χ4n) is 15.2. The van der Waals surface area contributed by atoms with Crippen LogP contribution in [0.25, 0.3) is 0 Å². The summed E-state index contributed by atoms with van der Waals surface area (Å²) in [4.78, 5) is 157. The van der Waals surface area contributed by atoms with E-state index in [2.05, 4.69) is 52.5 Å². The number of aliphatic hydroxyl groups excluding tert-OH is 1. The Morgan fingerprint density at radius 1 is 0.638 bits per heavy atom. The van der Waals surface area contributed by atoms with Crippen molar-refractivity contribution in [3.05, 3.63) is 59.2 Å². The summed E-state index contributed by atoms with van der Waals surface area (Å²) in [6.45, 7) is 14.7. The number of ether oxygens (including phenoxy) is 2. The first-order valence-corrected chi connectivity index (χ1v) is 37.1. The van der Waals surface area contributed by atoms with Crippen molar-refractivity contribution in [1.82, 2.24) is 42.5 Å². The number of fused-ring (bicyclic) bond motifs is 5. The zero-order chi connectivity index (χ0) is 78.0. The van der Waals surface area contributed by atoms with Crippen LogP contribution in [0.1, 0.15) is 190 Å². The van der Waals surface area contributed by atoms with Gasteiger partial charge in [-0.05, 0) is 107 Å². The Kier molecular flexibility index (Phi) is 33.8. The van der Waals surface area contributed by atoms with Crippen molar-refractivity contribution in [2.75, 3.05) is 39.3 Å². The second kappa shape index (κ2) is 40.8. The number of amides is 8. The Labute approximate surface area is 616 Å². The van der Waals surface area contributed by atoms with Crippen molar-refractivity contribution in [1.29, 1.82) is 0 Å². The molecule has 14 atom stereocenters. The van der Waals surface area contributed by atoms with Gasteiger partial charge in [-0.25, -0.2) is 0 Å². The second-order valence-electron chi connectivity index (χ2n) is 29.7. The summed E-state index contributed by atoms with van der Waals surface area (Å²) in [6, 6.07) is 1.38. The van der Waals surface area contributed by atoms with E-state index in [0.29, 0.717) is 49.9 Å². The van der Waals surface area contributed by atoms with Crippen molar-refractivity contribution in [3.63, 3.8) is 0 Å². The number of esters is 2. The molecule has 0 unspecified atom stereocenters. The molecule has 0 radical (unpaired) electrons. The highest BCUT2D eigenvalue weighted by Gasteiger charge is 2.88. The number of aliphatic imine (C=N–C) groups is 2. The zero-order valence-corrected chi connectivity index (χ0v) is 62.8. The fourth-order valence-corrected chi connectivity index (χ4v) is 15.2. The second-order valence-corrected chi connectivity index (χ2v) is 29.7. The number of guanidine groups is 2. The van der Waals surface area contributed by atoms with Gasteiger partial charge in [-0.15, -0.1) is 0 Å². The van der Waals surface area contributed by atoms with E-state index >= 15 is 0 Å². The van der Waals surface area contributed by atoms with Gasteiger partial charge in [0.25, 0.3) is 0 Å². The number of carbonyl (C=O) groups is 11. The van der Waals surface area contributed by atoms with E-state index in [4.69, 9.17) is 38.1 Å². The Bertz CT molecular complexity index is 3300. The van der Waals surface area contributed by atoms with Crippen LogP contribution >= 0.6 is 0 Å². The molecule has 4 aliphatic carbocycles. The lowest BCUT2D eigenvalue weighted by Gasteiger charge is -2.53. The minimum absolute atomic E-state index is 0.00513. The molecule has 5 rings (SSSR count). The lowest BCUT2D eigenvalue weighted by Crippen LogP contribution is -2.66. The molecule has 2 saturated carbocycles. The lowest BCUT2D eigenvalue weighted by atomic mass is 9.59. The van der Waals surface area contributed by atoms with E-state index < -0.39 is 160 Å². The molecule has 1 aromatic carbocycles. The molecule has 31 heteroatoms. The molecule has 21 N–H and O–H groups in total. The predicted octanol–water partition coefficient (Wildman–Crippen LogP) is 0.659. The highest BCUT2D eigenvalue weighted by atomic mass is 16.6. The summed E-state index contributed by atoms with van der Waals surface area (Å²) in [7, 11) is 0. The van der Waals surface area contributed by atoms with E-state index in [-0.39, 0.29) is 101 Å². The summed E-state index contributed by atoms with van der Waals surface area (Å²) in [5.74, 6) is -10.7. The van der Waals surface area contributed by atoms with Crippen molar-refractivity contribution >= 4 is 76.9 Å². The largest absolute Gasteiger partial charge is 0.458 e. The first kappa shape index (κ1) is 87.1. The zero-order valence-electron chi connectivity index (χ0n) is 62.8. The molecule has 0 heterocycles. The van der Waals surface area contributed by atoms with Gasteiger partial charge in [-0.1, -0.05) is 122 Å². The average molecular weight is 1470 g/mol. The van der Waals surface area contributed by atoms with Gasteiger partial charge in [0, 0.05) is 81.8 Å². The van der Waals surface area contributed by atoms with Gasteiger partial charge < -0.3 is 96.0 Å². The summed E-state index contributed by atoms with van der Waals surface area (Å²) in [6.07, 6.45) is 11.0. The van der Waals surface area contributed by atoms with E-state index in [1.165, 1.54) is 20.8 Å². The van der Waals surface area contributed by atoms with Crippen molar-refractivity contribution in [2.45, 2.75) is 250 Å². The van der Waals surface area contributed by atoms with E-state index in [1.54, 1.807) is 56.3 Å². The number of benzene rings is 1. The van der Waals surface area contributed by atoms with E-state index in [0.717, 1.165) is 44.9 Å². The van der Waals surface area contributed by atoms with Crippen LogP contribution in [-0.2, 0) is 68.6 Å². The molecule has 0 aliphatic heterocycles. The maximum Gasteiger partial charge on any atom is 0.306 e. The molecule has 8 amide bonds. The number of carbonyl (C=O) groups excluding carboxylic acids is 11. The van der Waals surface area contributed by atoms with Crippen LogP contribution in [0.4, 0.5) is 0 Å². The topological polar surface area (TPSA) is 518 Å². The van der Waals surface area contributed by atoms with Gasteiger partial charge in [0.2, 0.25) is 47.3 Å². The molecule has 105 heavy (non-hydrogen) atoms. The molecule has 1 aromatic rings. The maximum atomic E-state index is 14.6. The third-order valence-electron chi connectivity index (χ3n) is 20.6. The SMILES string of the molecule is CC(=O)NCC(=O)N[C@@H](CCCCN)C(=O)N[C@@H](C)C(=O)N[C@@H](Cc1ccccc1)C(=O)N[C@@H](CCCN=C(N)N)C(=O)N[C@@H](CCCN=C(N)N)C(=O)N[C@@H](CC(C)C)C(=O)NCCCCCCCCCCCC(=O)O[C@@H]1[C@@H](C)[C@@]2(O)[C@@H](C=C(CO)C[C@]3(O)C(=O)C(C)=C[C@@H]23)[C@@H]2C(C)(C)[C@]12OC(C)=O. The van der Waals surface area contributed by atoms with Gasteiger partial charge in [0.1, 0.15) is 48.0 Å². The van der Waals surface area contributed by atoms with Crippen LogP contribution in [0.2, 0.25) is 0 Å². The minimum atomic E-state index is -2.03. The Morgan fingerprint density at radius 2 is 1.16 bits per heavy atom. The molecule has 31 nitrogen and oxygen atoms in total. The molecule has 0 saturated heterocycles. The normalized spacial score (nSPS) is 23.5. The van der Waals surface area contributed by atoms with Gasteiger partial charge in [-0.3, -0.25) is 62.7 Å². The number of Topliss-reactive ketones (excluding diaryl/α,β-unsaturated/α-hetero) is 1. The Balaban J connectivity index is 1.15. The van der Waals surface area contributed by atoms with Gasteiger partial charge >= 0.3 is 11.9 Å². The summed E-state index contributed by atoms with van der Waals surface area (Å²) in [5, 5.41) is 57.0. The third-order valence-corrected chi connectivity index (χ3v) is 20.6. The van der Waals surface area contributed by atoms with E-state index in [1.807, 2.05) is 27.7 Å². The average Bonchev–Trinajstić information content (AvgIpc) is 1.46. The lowest BCUT2D eigenvalue weighted by molar-refractivity contribution is -0.228. The van der Waals surface area contributed by atoms with Gasteiger partial charge in [-0.2, -0.15) is 0 Å².